The zero-order chi connectivity index (χ0) is 13.0. The minimum atomic E-state index is -0.0587. The van der Waals surface area contributed by atoms with E-state index >= 15 is 0 Å². The zero-order valence-corrected chi connectivity index (χ0v) is 10.9. The van der Waals surface area contributed by atoms with Crippen molar-refractivity contribution in [2.45, 2.75) is 19.4 Å². The summed E-state index contributed by atoms with van der Waals surface area (Å²) < 4.78 is 1.46. The average molecular weight is 248 g/mol. The smallest absolute Gasteiger partial charge is 0.269 e. The summed E-state index contributed by atoms with van der Waals surface area (Å²) in [7, 11) is 1.86. The summed E-state index contributed by atoms with van der Waals surface area (Å²) in [5.41, 5.74) is 1.82. The molecule has 1 saturated heterocycles. The lowest BCUT2D eigenvalue weighted by atomic mass is 10.3. The van der Waals surface area contributed by atoms with Crippen molar-refractivity contribution < 1.29 is 0 Å². The van der Waals surface area contributed by atoms with Crippen LogP contribution in [0.3, 0.4) is 0 Å². The van der Waals surface area contributed by atoms with Gasteiger partial charge in [-0.05, 0) is 25.5 Å². The van der Waals surface area contributed by atoms with Gasteiger partial charge in [0.1, 0.15) is 0 Å². The van der Waals surface area contributed by atoms with E-state index in [9.17, 15) is 4.79 Å². The largest absolute Gasteiger partial charge is 0.370 e. The minimum Gasteiger partial charge on any atom is -0.370 e. The second-order valence-electron chi connectivity index (χ2n) is 4.68. The predicted octanol–water partition coefficient (Wildman–Crippen LogP) is 0.619. The van der Waals surface area contributed by atoms with Crippen LogP contribution in [0.5, 0.6) is 0 Å². The van der Waals surface area contributed by atoms with Gasteiger partial charge in [-0.2, -0.15) is 5.10 Å². The molecule has 0 amide bonds. The van der Waals surface area contributed by atoms with Gasteiger partial charge < -0.3 is 10.2 Å². The van der Waals surface area contributed by atoms with Crippen LogP contribution in [0.4, 0.5) is 5.69 Å². The van der Waals surface area contributed by atoms with Crippen LogP contribution < -0.4 is 15.8 Å². The summed E-state index contributed by atoms with van der Waals surface area (Å²) in [6.07, 6.45) is 4.17. The van der Waals surface area contributed by atoms with Crippen molar-refractivity contribution in [1.82, 2.24) is 15.1 Å². The highest BCUT2D eigenvalue weighted by atomic mass is 16.1. The predicted molar refractivity (Wildman–Crippen MR) is 73.0 cm³/mol. The zero-order valence-electron chi connectivity index (χ0n) is 10.9. The maximum absolute atomic E-state index is 11.9. The van der Waals surface area contributed by atoms with Gasteiger partial charge in [-0.3, -0.25) is 4.79 Å². The van der Waals surface area contributed by atoms with Crippen molar-refractivity contribution in [1.29, 1.82) is 0 Å². The first-order valence-electron chi connectivity index (χ1n) is 6.34. The van der Waals surface area contributed by atoms with E-state index in [4.69, 9.17) is 0 Å². The van der Waals surface area contributed by atoms with Crippen LogP contribution in [0, 0.1) is 0 Å². The summed E-state index contributed by atoms with van der Waals surface area (Å²) in [6.45, 7) is 7.13. The molecule has 0 radical (unpaired) electrons. The molecule has 1 aromatic rings. The Morgan fingerprint density at radius 2 is 2.22 bits per heavy atom. The number of aromatic nitrogens is 2. The Morgan fingerprint density at radius 3 is 2.83 bits per heavy atom. The highest BCUT2D eigenvalue weighted by Gasteiger charge is 2.13. The second-order valence-corrected chi connectivity index (χ2v) is 4.68. The molecule has 0 bridgehead atoms. The molecular weight excluding hydrogens is 228 g/mol. The van der Waals surface area contributed by atoms with Gasteiger partial charge in [0.15, 0.2) is 0 Å². The van der Waals surface area contributed by atoms with Gasteiger partial charge in [0.25, 0.3) is 5.56 Å². The van der Waals surface area contributed by atoms with Gasteiger partial charge in [0, 0.05) is 25.7 Å². The van der Waals surface area contributed by atoms with E-state index in [-0.39, 0.29) is 5.56 Å². The third-order valence-corrected chi connectivity index (χ3v) is 3.13. The highest BCUT2D eigenvalue weighted by molar-refractivity contribution is 5.43. The number of anilines is 1. The molecule has 1 aliphatic rings. The van der Waals surface area contributed by atoms with E-state index in [1.807, 2.05) is 7.05 Å². The molecule has 0 atom stereocenters. The highest BCUT2D eigenvalue weighted by Crippen LogP contribution is 2.16. The quantitative estimate of drug-likeness (QED) is 0.776. The molecule has 18 heavy (non-hydrogen) atoms. The average Bonchev–Trinajstić information content (AvgIpc) is 2.85. The Bertz CT molecular complexity index is 474. The lowest BCUT2D eigenvalue weighted by molar-refractivity contribution is 0.615. The number of nitrogens with zero attached hydrogens (tertiary/aromatic N) is 3. The van der Waals surface area contributed by atoms with E-state index in [1.54, 1.807) is 12.3 Å². The summed E-state index contributed by atoms with van der Waals surface area (Å²) in [4.78, 5) is 14.2. The Balaban J connectivity index is 2.10. The van der Waals surface area contributed by atoms with Crippen LogP contribution in [0.2, 0.25) is 0 Å². The maximum atomic E-state index is 11.9. The molecule has 5 nitrogen and oxygen atoms in total. The van der Waals surface area contributed by atoms with E-state index < -0.39 is 0 Å². The molecule has 5 heteroatoms. The van der Waals surface area contributed by atoms with Gasteiger partial charge in [-0.15, -0.1) is 0 Å². The van der Waals surface area contributed by atoms with Crippen LogP contribution in [0.1, 0.15) is 12.8 Å². The van der Waals surface area contributed by atoms with Crippen molar-refractivity contribution in [3.8, 4) is 0 Å². The fourth-order valence-electron chi connectivity index (χ4n) is 2.21. The first-order chi connectivity index (χ1) is 8.70. The number of hydrogen-bond donors (Lipinski definition) is 1. The number of likely N-dealkylation sites (N-methyl/N-ethyl adjacent to an activating group) is 1. The second kappa shape index (κ2) is 5.82. The SMILES string of the molecule is C=C(CNC)Cn1ncc(N2CCCC2)cc1=O. The Labute approximate surface area is 107 Å². The van der Waals surface area contributed by atoms with Gasteiger partial charge in [0.2, 0.25) is 0 Å². The van der Waals surface area contributed by atoms with Crippen LogP contribution in [0.25, 0.3) is 0 Å². The van der Waals surface area contributed by atoms with Crippen LogP contribution >= 0.6 is 0 Å². The molecule has 0 spiro atoms. The molecule has 1 N–H and O–H groups in total. The summed E-state index contributed by atoms with van der Waals surface area (Å²) in [6, 6.07) is 1.67. The number of rotatable bonds is 5. The molecule has 0 unspecified atom stereocenters. The van der Waals surface area contributed by atoms with E-state index in [0.29, 0.717) is 13.1 Å². The third kappa shape index (κ3) is 2.98. The van der Waals surface area contributed by atoms with Crippen LogP contribution in [0.15, 0.2) is 29.2 Å². The summed E-state index contributed by atoms with van der Waals surface area (Å²) >= 11 is 0. The van der Waals surface area contributed by atoms with Crippen molar-refractivity contribution in [3.05, 3.63) is 34.8 Å². The maximum Gasteiger partial charge on any atom is 0.269 e. The molecule has 0 saturated carbocycles. The third-order valence-electron chi connectivity index (χ3n) is 3.13. The fraction of sp³-hybridized carbons (Fsp3) is 0.538. The Hall–Kier alpha value is -1.62. The van der Waals surface area contributed by atoms with Crippen molar-refractivity contribution in [3.63, 3.8) is 0 Å². The summed E-state index contributed by atoms with van der Waals surface area (Å²) in [5.74, 6) is 0. The van der Waals surface area contributed by atoms with Gasteiger partial charge in [-0.25, -0.2) is 4.68 Å². The molecule has 0 aromatic carbocycles. The normalized spacial score (nSPS) is 15.1. The first-order valence-corrected chi connectivity index (χ1v) is 6.34. The van der Waals surface area contributed by atoms with Crippen molar-refractivity contribution in [2.24, 2.45) is 0 Å². The Morgan fingerprint density at radius 1 is 1.50 bits per heavy atom. The van der Waals surface area contributed by atoms with Crippen LogP contribution in [-0.4, -0.2) is 36.5 Å². The molecule has 0 aliphatic carbocycles. The molecular formula is C13H20N4O. The monoisotopic (exact) mass is 248 g/mol. The molecule has 2 heterocycles. The molecule has 1 fully saturated rings. The lowest BCUT2D eigenvalue weighted by Gasteiger charge is -2.17. The van der Waals surface area contributed by atoms with Crippen molar-refractivity contribution >= 4 is 5.69 Å². The van der Waals surface area contributed by atoms with Gasteiger partial charge in [0.05, 0.1) is 18.4 Å². The topological polar surface area (TPSA) is 50.2 Å². The van der Waals surface area contributed by atoms with E-state index in [2.05, 4.69) is 21.9 Å². The van der Waals surface area contributed by atoms with Gasteiger partial charge in [-0.1, -0.05) is 6.58 Å². The standard InChI is InChI=1S/C13H20N4O/c1-11(8-14-2)10-17-13(18)7-12(9-15-17)16-5-3-4-6-16/h7,9,14H,1,3-6,8,10H2,2H3. The fourth-order valence-corrected chi connectivity index (χ4v) is 2.21. The van der Waals surface area contributed by atoms with E-state index in [0.717, 1.165) is 24.4 Å². The van der Waals surface area contributed by atoms with Crippen molar-refractivity contribution in [2.75, 3.05) is 31.6 Å². The lowest BCUT2D eigenvalue weighted by Crippen LogP contribution is -2.27. The number of nitrogens with one attached hydrogen (secondary N) is 1. The first kappa shape index (κ1) is 12.8. The van der Waals surface area contributed by atoms with Crippen LogP contribution in [-0.2, 0) is 6.54 Å². The minimum absolute atomic E-state index is 0.0587. The molecule has 98 valence electrons. The van der Waals surface area contributed by atoms with Gasteiger partial charge >= 0.3 is 0 Å². The molecule has 1 aliphatic heterocycles. The molecule has 2 rings (SSSR count). The van der Waals surface area contributed by atoms with E-state index in [1.165, 1.54) is 17.5 Å². The summed E-state index contributed by atoms with van der Waals surface area (Å²) in [5, 5.41) is 7.23. The molecule has 1 aromatic heterocycles. The number of hydrogen-bond acceptors (Lipinski definition) is 4. The Kier molecular flexibility index (Phi) is 4.15.